The minimum absolute atomic E-state index is 0.0434. The molecule has 1 aromatic heterocycles. The largest absolute Gasteiger partial charge is 0.371 e. The number of hydrogen-bond acceptors (Lipinski definition) is 4. The second-order valence-electron chi connectivity index (χ2n) is 4.77. The van der Waals surface area contributed by atoms with Crippen LogP contribution in [0.25, 0.3) is 0 Å². The molecule has 0 aromatic carbocycles. The molecule has 1 aromatic rings. The lowest BCUT2D eigenvalue weighted by atomic mass is 10.2. The summed E-state index contributed by atoms with van der Waals surface area (Å²) in [4.78, 5) is 15.2. The average Bonchev–Trinajstić information content (AvgIpc) is 2.39. The van der Waals surface area contributed by atoms with Gasteiger partial charge in [0, 0.05) is 32.6 Å². The van der Waals surface area contributed by atoms with Crippen molar-refractivity contribution < 1.29 is 13.6 Å². The molecule has 0 aliphatic carbocycles. The number of hydrogen-bond donors (Lipinski definition) is 3. The quantitative estimate of drug-likeness (QED) is 0.717. The number of rotatable bonds is 7. The first kappa shape index (κ1) is 16.1. The molecule has 0 aliphatic heterocycles. The first-order valence-electron chi connectivity index (χ1n) is 6.48. The van der Waals surface area contributed by atoms with Crippen LogP contribution in [0.2, 0.25) is 0 Å². The van der Waals surface area contributed by atoms with E-state index in [0.717, 1.165) is 6.07 Å². The predicted octanol–water partition coefficient (Wildman–Crippen LogP) is 1.98. The number of halogens is 2. The van der Waals surface area contributed by atoms with E-state index in [9.17, 15) is 13.6 Å². The van der Waals surface area contributed by atoms with Crippen LogP contribution < -0.4 is 16.0 Å². The van der Waals surface area contributed by atoms with Crippen molar-refractivity contribution in [3.05, 3.63) is 17.7 Å². The van der Waals surface area contributed by atoms with Gasteiger partial charge in [0.05, 0.1) is 0 Å². The summed E-state index contributed by atoms with van der Waals surface area (Å²) in [7, 11) is 1.49. The summed E-state index contributed by atoms with van der Waals surface area (Å²) in [6.45, 7) is 4.82. The second kappa shape index (κ2) is 7.62. The molecule has 0 atom stereocenters. The third-order valence-electron chi connectivity index (χ3n) is 2.52. The van der Waals surface area contributed by atoms with Crippen molar-refractivity contribution in [1.82, 2.24) is 10.3 Å². The Labute approximate surface area is 117 Å². The highest BCUT2D eigenvalue weighted by Crippen LogP contribution is 2.18. The zero-order chi connectivity index (χ0) is 15.1. The Morgan fingerprint density at radius 1 is 1.30 bits per heavy atom. The third-order valence-corrected chi connectivity index (χ3v) is 2.52. The van der Waals surface area contributed by atoms with Crippen molar-refractivity contribution in [2.24, 2.45) is 5.92 Å². The van der Waals surface area contributed by atoms with Crippen LogP contribution in [0.3, 0.4) is 0 Å². The fraction of sp³-hybridized carbons (Fsp3) is 0.538. The van der Waals surface area contributed by atoms with Gasteiger partial charge in [-0.1, -0.05) is 13.8 Å². The smallest absolute Gasteiger partial charge is 0.221 e. The molecule has 112 valence electrons. The van der Waals surface area contributed by atoms with E-state index in [1.165, 1.54) is 7.05 Å². The Kier molecular flexibility index (Phi) is 6.14. The van der Waals surface area contributed by atoms with Crippen LogP contribution in [0.4, 0.5) is 20.4 Å². The molecule has 3 N–H and O–H groups in total. The van der Waals surface area contributed by atoms with Gasteiger partial charge in [-0.15, -0.1) is 0 Å². The molecule has 0 bridgehead atoms. The molecule has 0 spiro atoms. The molecule has 0 saturated carbocycles. The average molecular weight is 286 g/mol. The van der Waals surface area contributed by atoms with E-state index in [-0.39, 0.29) is 30.5 Å². The minimum atomic E-state index is -0.788. The maximum Gasteiger partial charge on any atom is 0.221 e. The molecule has 0 unspecified atom stereocenters. The number of nitrogens with one attached hydrogen (secondary N) is 3. The Bertz CT molecular complexity index is 466. The molecule has 1 heterocycles. The van der Waals surface area contributed by atoms with Crippen molar-refractivity contribution in [1.29, 1.82) is 0 Å². The van der Waals surface area contributed by atoms with E-state index in [1.54, 1.807) is 0 Å². The van der Waals surface area contributed by atoms with Crippen molar-refractivity contribution in [3.63, 3.8) is 0 Å². The van der Waals surface area contributed by atoms with E-state index >= 15 is 0 Å². The van der Waals surface area contributed by atoms with Crippen LogP contribution in [0.1, 0.15) is 20.3 Å². The summed E-state index contributed by atoms with van der Waals surface area (Å²) in [5.74, 6) is -1.41. The highest BCUT2D eigenvalue weighted by molar-refractivity contribution is 5.76. The second-order valence-corrected chi connectivity index (χ2v) is 4.77. The van der Waals surface area contributed by atoms with Crippen molar-refractivity contribution >= 4 is 17.5 Å². The first-order chi connectivity index (χ1) is 9.43. The van der Waals surface area contributed by atoms with Crippen molar-refractivity contribution in [2.45, 2.75) is 20.3 Å². The standard InChI is InChI=1S/C13H20F2N4O/c1-8(2)7-18-11(20)4-5-17-13-10(15)6-9(14)12(16-3)19-13/h6,8H,4-5,7H2,1-3H3,(H,18,20)(H2,16,17,19). The van der Waals surface area contributed by atoms with Gasteiger partial charge < -0.3 is 16.0 Å². The Hall–Kier alpha value is -1.92. The third kappa shape index (κ3) is 4.99. The number of pyridine rings is 1. The molecule has 5 nitrogen and oxygen atoms in total. The number of carbonyl (C=O) groups is 1. The lowest BCUT2D eigenvalue weighted by Crippen LogP contribution is -2.28. The van der Waals surface area contributed by atoms with Gasteiger partial charge in [0.2, 0.25) is 5.91 Å². The summed E-state index contributed by atoms with van der Waals surface area (Å²) in [5, 5.41) is 7.95. The number of anilines is 2. The molecule has 0 radical (unpaired) electrons. The van der Waals surface area contributed by atoms with Gasteiger partial charge in [-0.25, -0.2) is 13.8 Å². The molecule has 0 saturated heterocycles. The number of carbonyl (C=O) groups excluding carboxylic acids is 1. The summed E-state index contributed by atoms with van der Waals surface area (Å²) in [6, 6.07) is 0.750. The van der Waals surface area contributed by atoms with Gasteiger partial charge in [0.1, 0.15) is 0 Å². The lowest BCUT2D eigenvalue weighted by molar-refractivity contribution is -0.120. The van der Waals surface area contributed by atoms with E-state index in [1.807, 2.05) is 13.8 Å². The number of amides is 1. The number of aromatic nitrogens is 1. The van der Waals surface area contributed by atoms with Crippen LogP contribution in [0, 0.1) is 17.6 Å². The predicted molar refractivity (Wildman–Crippen MR) is 74.7 cm³/mol. The molecular weight excluding hydrogens is 266 g/mol. The first-order valence-corrected chi connectivity index (χ1v) is 6.48. The van der Waals surface area contributed by atoms with Crippen LogP contribution in [-0.4, -0.2) is 31.0 Å². The molecular formula is C13H20F2N4O. The fourth-order valence-corrected chi connectivity index (χ4v) is 1.47. The summed E-state index contributed by atoms with van der Waals surface area (Å²) in [5.41, 5.74) is 0. The Morgan fingerprint density at radius 2 is 1.95 bits per heavy atom. The molecule has 0 aliphatic rings. The number of nitrogens with zero attached hydrogens (tertiary/aromatic N) is 1. The van der Waals surface area contributed by atoms with Gasteiger partial charge in [-0.05, 0) is 5.92 Å². The van der Waals surface area contributed by atoms with Crippen LogP contribution >= 0.6 is 0 Å². The summed E-state index contributed by atoms with van der Waals surface area (Å²) >= 11 is 0. The highest BCUT2D eigenvalue weighted by atomic mass is 19.1. The Morgan fingerprint density at radius 3 is 2.55 bits per heavy atom. The van der Waals surface area contributed by atoms with E-state index in [4.69, 9.17) is 0 Å². The van der Waals surface area contributed by atoms with Crippen LogP contribution in [-0.2, 0) is 4.79 Å². The zero-order valence-electron chi connectivity index (χ0n) is 11.9. The molecule has 1 rings (SSSR count). The summed E-state index contributed by atoms with van der Waals surface area (Å²) in [6.07, 6.45) is 0.195. The van der Waals surface area contributed by atoms with Crippen LogP contribution in [0.15, 0.2) is 6.07 Å². The van der Waals surface area contributed by atoms with Gasteiger partial charge in [-0.3, -0.25) is 4.79 Å². The van der Waals surface area contributed by atoms with Gasteiger partial charge in [-0.2, -0.15) is 0 Å². The SMILES string of the molecule is CNc1nc(NCCC(=O)NCC(C)C)c(F)cc1F. The minimum Gasteiger partial charge on any atom is -0.371 e. The monoisotopic (exact) mass is 286 g/mol. The van der Waals surface area contributed by atoms with Crippen molar-refractivity contribution in [3.8, 4) is 0 Å². The summed E-state index contributed by atoms with van der Waals surface area (Å²) < 4.78 is 26.7. The van der Waals surface area contributed by atoms with E-state index in [2.05, 4.69) is 20.9 Å². The maximum atomic E-state index is 13.5. The van der Waals surface area contributed by atoms with Gasteiger partial charge in [0.15, 0.2) is 23.3 Å². The van der Waals surface area contributed by atoms with E-state index in [0.29, 0.717) is 12.5 Å². The normalized spacial score (nSPS) is 10.5. The molecule has 20 heavy (non-hydrogen) atoms. The highest BCUT2D eigenvalue weighted by Gasteiger charge is 2.11. The van der Waals surface area contributed by atoms with Crippen molar-refractivity contribution in [2.75, 3.05) is 30.8 Å². The van der Waals surface area contributed by atoms with Crippen LogP contribution in [0.5, 0.6) is 0 Å². The molecule has 0 fully saturated rings. The fourth-order valence-electron chi connectivity index (χ4n) is 1.47. The molecule has 1 amide bonds. The zero-order valence-corrected chi connectivity index (χ0v) is 11.9. The van der Waals surface area contributed by atoms with Gasteiger partial charge in [0.25, 0.3) is 0 Å². The lowest BCUT2D eigenvalue weighted by Gasteiger charge is -2.10. The van der Waals surface area contributed by atoms with E-state index < -0.39 is 11.6 Å². The maximum absolute atomic E-state index is 13.5. The molecule has 7 heteroatoms. The Balaban J connectivity index is 2.48. The topological polar surface area (TPSA) is 66.0 Å². The van der Waals surface area contributed by atoms with Gasteiger partial charge >= 0.3 is 0 Å².